The van der Waals surface area contributed by atoms with E-state index in [0.717, 1.165) is 23.2 Å². The fourth-order valence-corrected chi connectivity index (χ4v) is 1.53. The molecule has 1 aromatic carbocycles. The lowest BCUT2D eigenvalue weighted by molar-refractivity contribution is 0.112. The predicted octanol–water partition coefficient (Wildman–Crippen LogP) is 2.30. The minimum atomic E-state index is 0.679. The fourth-order valence-electron chi connectivity index (χ4n) is 1.53. The third kappa shape index (κ3) is 1.81. The number of hydrogen-bond donors (Lipinski definition) is 0. The van der Waals surface area contributed by atoms with E-state index in [1.54, 1.807) is 6.33 Å². The number of hydrogen-bond acceptors (Lipinski definition) is 2. The Balaban J connectivity index is 2.59. The molecule has 2 rings (SSSR count). The van der Waals surface area contributed by atoms with Gasteiger partial charge >= 0.3 is 0 Å². The van der Waals surface area contributed by atoms with Gasteiger partial charge in [-0.15, -0.1) is 0 Å². The normalized spacial score (nSPS) is 10.3. The van der Waals surface area contributed by atoms with Crippen LogP contribution in [-0.4, -0.2) is 15.8 Å². The summed E-state index contributed by atoms with van der Waals surface area (Å²) < 4.78 is 1.87. The first-order valence-corrected chi connectivity index (χ1v) is 4.77. The van der Waals surface area contributed by atoms with Gasteiger partial charge in [-0.05, 0) is 31.5 Å². The van der Waals surface area contributed by atoms with Gasteiger partial charge in [0.1, 0.15) is 0 Å². The predicted molar refractivity (Wildman–Crippen MR) is 58.4 cm³/mol. The number of aldehydes is 1. The number of aryl methyl sites for hydroxylation is 2. The van der Waals surface area contributed by atoms with Crippen LogP contribution in [0.5, 0.6) is 0 Å². The van der Waals surface area contributed by atoms with Crippen molar-refractivity contribution >= 4 is 6.29 Å². The number of nitrogens with zero attached hydrogens (tertiary/aromatic N) is 2. The van der Waals surface area contributed by atoms with Crippen molar-refractivity contribution in [1.82, 2.24) is 9.55 Å². The van der Waals surface area contributed by atoms with Gasteiger partial charge in [0.25, 0.3) is 0 Å². The highest BCUT2D eigenvalue weighted by Gasteiger charge is 2.04. The highest BCUT2D eigenvalue weighted by molar-refractivity contribution is 5.81. The summed E-state index contributed by atoms with van der Waals surface area (Å²) in [5.74, 6) is 0. The molecule has 0 bridgehead atoms. The average molecular weight is 200 g/mol. The molecule has 0 N–H and O–H groups in total. The van der Waals surface area contributed by atoms with E-state index in [1.807, 2.05) is 42.8 Å². The molecule has 0 radical (unpaired) electrons. The van der Waals surface area contributed by atoms with Gasteiger partial charge in [-0.3, -0.25) is 4.79 Å². The number of rotatable bonds is 2. The van der Waals surface area contributed by atoms with Crippen molar-refractivity contribution in [1.29, 1.82) is 0 Å². The minimum Gasteiger partial charge on any atom is -0.305 e. The largest absolute Gasteiger partial charge is 0.305 e. The fraction of sp³-hybridized carbons (Fsp3) is 0.167. The van der Waals surface area contributed by atoms with Crippen LogP contribution in [0, 0.1) is 13.8 Å². The summed E-state index contributed by atoms with van der Waals surface area (Å²) in [4.78, 5) is 15.0. The Kier molecular flexibility index (Phi) is 2.37. The topological polar surface area (TPSA) is 34.9 Å². The highest BCUT2D eigenvalue weighted by atomic mass is 16.1. The van der Waals surface area contributed by atoms with Gasteiger partial charge in [0, 0.05) is 11.8 Å². The maximum Gasteiger partial charge on any atom is 0.152 e. The quantitative estimate of drug-likeness (QED) is 0.697. The first kappa shape index (κ1) is 9.65. The molecule has 3 nitrogen and oxygen atoms in total. The number of carbonyl (C=O) groups excluding carboxylic acids is 1. The summed E-state index contributed by atoms with van der Waals surface area (Å²) in [5, 5.41) is 0. The third-order valence-electron chi connectivity index (χ3n) is 2.30. The summed E-state index contributed by atoms with van der Waals surface area (Å²) in [6, 6.07) is 5.73. The second kappa shape index (κ2) is 3.69. The van der Waals surface area contributed by atoms with Gasteiger partial charge in [-0.2, -0.15) is 0 Å². The maximum absolute atomic E-state index is 10.9. The van der Waals surface area contributed by atoms with Gasteiger partial charge in [-0.1, -0.05) is 6.07 Å². The van der Waals surface area contributed by atoms with Crippen LogP contribution in [0.25, 0.3) is 5.69 Å². The first-order chi connectivity index (χ1) is 7.20. The van der Waals surface area contributed by atoms with E-state index >= 15 is 0 Å². The molecule has 0 aliphatic heterocycles. The van der Waals surface area contributed by atoms with Crippen LogP contribution in [0.15, 0.2) is 30.7 Å². The van der Waals surface area contributed by atoms with Crippen molar-refractivity contribution in [3.63, 3.8) is 0 Å². The molecule has 0 aliphatic rings. The van der Waals surface area contributed by atoms with Crippen LogP contribution >= 0.6 is 0 Å². The zero-order valence-electron chi connectivity index (χ0n) is 8.77. The van der Waals surface area contributed by atoms with Gasteiger partial charge in [0.15, 0.2) is 6.29 Å². The molecule has 0 fully saturated rings. The maximum atomic E-state index is 10.9. The Labute approximate surface area is 88.4 Å². The SMILES string of the molecule is Cc1ccc(C=O)c(-n2cnc(C)c2)c1. The molecular formula is C12H12N2O. The Morgan fingerprint density at radius 2 is 2.13 bits per heavy atom. The smallest absolute Gasteiger partial charge is 0.152 e. The van der Waals surface area contributed by atoms with E-state index in [2.05, 4.69) is 4.98 Å². The Morgan fingerprint density at radius 3 is 2.73 bits per heavy atom. The lowest BCUT2D eigenvalue weighted by Crippen LogP contribution is -1.96. The molecule has 3 heteroatoms. The van der Waals surface area contributed by atoms with E-state index < -0.39 is 0 Å². The lowest BCUT2D eigenvalue weighted by atomic mass is 10.1. The zero-order chi connectivity index (χ0) is 10.8. The highest BCUT2D eigenvalue weighted by Crippen LogP contribution is 2.15. The third-order valence-corrected chi connectivity index (χ3v) is 2.30. The van der Waals surface area contributed by atoms with Gasteiger partial charge in [0.05, 0.1) is 17.7 Å². The molecule has 15 heavy (non-hydrogen) atoms. The van der Waals surface area contributed by atoms with E-state index in [-0.39, 0.29) is 0 Å². The molecule has 2 aromatic rings. The van der Waals surface area contributed by atoms with E-state index in [4.69, 9.17) is 0 Å². The summed E-state index contributed by atoms with van der Waals surface area (Å²) in [6.07, 6.45) is 4.49. The number of imidazole rings is 1. The summed E-state index contributed by atoms with van der Waals surface area (Å²) in [6.45, 7) is 3.93. The molecule has 0 atom stereocenters. The molecule has 0 saturated carbocycles. The molecule has 0 unspecified atom stereocenters. The van der Waals surface area contributed by atoms with Crippen molar-refractivity contribution in [3.05, 3.63) is 47.5 Å². The molecule has 76 valence electrons. The average Bonchev–Trinajstić information content (AvgIpc) is 2.65. The van der Waals surface area contributed by atoms with Gasteiger partial charge < -0.3 is 4.57 Å². The van der Waals surface area contributed by atoms with Crippen molar-refractivity contribution in [2.24, 2.45) is 0 Å². The van der Waals surface area contributed by atoms with E-state index in [1.165, 1.54) is 0 Å². The molecule has 0 saturated heterocycles. The summed E-state index contributed by atoms with van der Waals surface area (Å²) >= 11 is 0. The van der Waals surface area contributed by atoms with Crippen LogP contribution in [0.1, 0.15) is 21.6 Å². The standard InChI is InChI=1S/C12H12N2O/c1-9-3-4-11(7-15)12(5-9)14-6-10(2)13-8-14/h3-8H,1-2H3. The van der Waals surface area contributed by atoms with Crippen molar-refractivity contribution in [2.45, 2.75) is 13.8 Å². The Bertz CT molecular complexity index is 500. The minimum absolute atomic E-state index is 0.679. The van der Waals surface area contributed by atoms with Crippen LogP contribution < -0.4 is 0 Å². The molecule has 1 aromatic heterocycles. The van der Waals surface area contributed by atoms with E-state index in [9.17, 15) is 4.79 Å². The zero-order valence-corrected chi connectivity index (χ0v) is 8.77. The Morgan fingerprint density at radius 1 is 1.33 bits per heavy atom. The van der Waals surface area contributed by atoms with Gasteiger partial charge in [-0.25, -0.2) is 4.98 Å². The van der Waals surface area contributed by atoms with Crippen LogP contribution in [0.2, 0.25) is 0 Å². The van der Waals surface area contributed by atoms with Crippen LogP contribution in [0.3, 0.4) is 0 Å². The van der Waals surface area contributed by atoms with E-state index in [0.29, 0.717) is 5.56 Å². The van der Waals surface area contributed by atoms with Gasteiger partial charge in [0.2, 0.25) is 0 Å². The first-order valence-electron chi connectivity index (χ1n) is 4.77. The molecule has 0 aliphatic carbocycles. The monoisotopic (exact) mass is 200 g/mol. The van der Waals surface area contributed by atoms with Crippen molar-refractivity contribution in [3.8, 4) is 5.69 Å². The summed E-state index contributed by atoms with van der Waals surface area (Å²) in [7, 11) is 0. The molecule has 0 amide bonds. The van der Waals surface area contributed by atoms with Crippen molar-refractivity contribution in [2.75, 3.05) is 0 Å². The Hall–Kier alpha value is -1.90. The molecule has 1 heterocycles. The number of aromatic nitrogens is 2. The second-order valence-corrected chi connectivity index (χ2v) is 3.60. The van der Waals surface area contributed by atoms with Crippen molar-refractivity contribution < 1.29 is 4.79 Å². The van der Waals surface area contributed by atoms with Crippen LogP contribution in [0.4, 0.5) is 0 Å². The lowest BCUT2D eigenvalue weighted by Gasteiger charge is -2.06. The molecule has 0 spiro atoms. The summed E-state index contributed by atoms with van der Waals surface area (Å²) in [5.41, 5.74) is 3.62. The molecular weight excluding hydrogens is 188 g/mol. The second-order valence-electron chi connectivity index (χ2n) is 3.60. The number of carbonyl (C=O) groups is 1. The number of benzene rings is 1. The van der Waals surface area contributed by atoms with Crippen LogP contribution in [-0.2, 0) is 0 Å².